The lowest BCUT2D eigenvalue weighted by Gasteiger charge is -2.42. The van der Waals surface area contributed by atoms with E-state index in [1.807, 2.05) is 27.7 Å². The SMILES string of the molecule is C/C(N)=C/N(N)C1OC(CO)C(O)C(O)C1O.CC.CC. The summed E-state index contributed by atoms with van der Waals surface area (Å²) in [6.07, 6.45) is -5.04. The molecule has 0 aromatic rings. The minimum atomic E-state index is -1.46. The number of hydrogen-bond acceptors (Lipinski definition) is 8. The van der Waals surface area contributed by atoms with E-state index in [0.29, 0.717) is 5.70 Å². The van der Waals surface area contributed by atoms with Crippen LogP contribution in [0.5, 0.6) is 0 Å². The predicted molar refractivity (Wildman–Crippen MR) is 80.4 cm³/mol. The van der Waals surface area contributed by atoms with Crippen LogP contribution in [0.4, 0.5) is 0 Å². The van der Waals surface area contributed by atoms with Gasteiger partial charge in [0.1, 0.15) is 24.4 Å². The van der Waals surface area contributed by atoms with Gasteiger partial charge in [-0.3, -0.25) is 5.01 Å². The molecule has 1 fully saturated rings. The second kappa shape index (κ2) is 11.7. The zero-order valence-electron chi connectivity index (χ0n) is 13.5. The van der Waals surface area contributed by atoms with Gasteiger partial charge in [-0.15, -0.1) is 0 Å². The maximum Gasteiger partial charge on any atom is 0.172 e. The van der Waals surface area contributed by atoms with Crippen LogP contribution in [0.2, 0.25) is 0 Å². The first-order valence-corrected chi connectivity index (χ1v) is 7.16. The molecule has 8 nitrogen and oxygen atoms in total. The van der Waals surface area contributed by atoms with Crippen LogP contribution in [0.15, 0.2) is 11.9 Å². The van der Waals surface area contributed by atoms with Crippen LogP contribution in [-0.2, 0) is 4.74 Å². The molecule has 0 spiro atoms. The molecule has 0 aromatic carbocycles. The molecular formula is C13H31N3O5. The smallest absolute Gasteiger partial charge is 0.172 e. The number of rotatable bonds is 3. The summed E-state index contributed by atoms with van der Waals surface area (Å²) in [5, 5.41) is 38.7. The van der Waals surface area contributed by atoms with Gasteiger partial charge in [0.15, 0.2) is 6.23 Å². The lowest BCUT2D eigenvalue weighted by atomic mass is 9.98. The Morgan fingerprint density at radius 2 is 1.57 bits per heavy atom. The van der Waals surface area contributed by atoms with E-state index in [0.717, 1.165) is 5.01 Å². The van der Waals surface area contributed by atoms with E-state index in [1.54, 1.807) is 6.92 Å². The van der Waals surface area contributed by atoms with Gasteiger partial charge in [-0.1, -0.05) is 27.7 Å². The van der Waals surface area contributed by atoms with Crippen LogP contribution >= 0.6 is 0 Å². The van der Waals surface area contributed by atoms with E-state index in [4.69, 9.17) is 21.4 Å². The summed E-state index contributed by atoms with van der Waals surface area (Å²) < 4.78 is 5.18. The molecule has 128 valence electrons. The van der Waals surface area contributed by atoms with E-state index in [9.17, 15) is 15.3 Å². The molecule has 1 heterocycles. The monoisotopic (exact) mass is 309 g/mol. The average molecular weight is 309 g/mol. The first kappa shape index (κ1) is 22.4. The van der Waals surface area contributed by atoms with Gasteiger partial charge in [-0.2, -0.15) is 0 Å². The van der Waals surface area contributed by atoms with Crippen molar-refractivity contribution in [2.75, 3.05) is 6.61 Å². The van der Waals surface area contributed by atoms with Crippen LogP contribution < -0.4 is 11.6 Å². The fraction of sp³-hybridized carbons (Fsp3) is 0.846. The van der Waals surface area contributed by atoms with Crippen LogP contribution in [0.3, 0.4) is 0 Å². The van der Waals surface area contributed by atoms with E-state index in [1.165, 1.54) is 6.20 Å². The summed E-state index contributed by atoms with van der Waals surface area (Å²) in [7, 11) is 0. The summed E-state index contributed by atoms with van der Waals surface area (Å²) in [5.74, 6) is 5.58. The quantitative estimate of drug-likeness (QED) is 0.283. The number of aliphatic hydroxyl groups excluding tert-OH is 4. The Morgan fingerprint density at radius 3 is 1.95 bits per heavy atom. The average Bonchev–Trinajstić information content (AvgIpc) is 2.48. The number of aliphatic hydroxyl groups is 4. The van der Waals surface area contributed by atoms with Crippen molar-refractivity contribution in [3.8, 4) is 0 Å². The molecular weight excluding hydrogens is 278 g/mol. The van der Waals surface area contributed by atoms with Gasteiger partial charge in [-0.25, -0.2) is 5.84 Å². The molecule has 1 rings (SSSR count). The minimum Gasteiger partial charge on any atom is -0.401 e. The fourth-order valence-corrected chi connectivity index (χ4v) is 1.64. The van der Waals surface area contributed by atoms with Crippen molar-refractivity contribution in [2.45, 2.75) is 65.3 Å². The normalized spacial score (nSPS) is 32.3. The highest BCUT2D eigenvalue weighted by molar-refractivity contribution is 4.96. The van der Waals surface area contributed by atoms with Gasteiger partial charge in [0.05, 0.1) is 6.61 Å². The summed E-state index contributed by atoms with van der Waals surface area (Å²) in [6.45, 7) is 9.09. The van der Waals surface area contributed by atoms with Crippen molar-refractivity contribution in [1.29, 1.82) is 0 Å². The van der Waals surface area contributed by atoms with Gasteiger partial charge in [0.2, 0.25) is 0 Å². The Bertz CT molecular complexity index is 285. The predicted octanol–water partition coefficient (Wildman–Crippen LogP) is -1.17. The molecule has 21 heavy (non-hydrogen) atoms. The molecule has 0 saturated carbocycles. The van der Waals surface area contributed by atoms with E-state index < -0.39 is 37.3 Å². The molecule has 1 aliphatic heterocycles. The summed E-state index contributed by atoms with van der Waals surface area (Å²) in [6, 6.07) is 0. The maximum absolute atomic E-state index is 9.70. The van der Waals surface area contributed by atoms with E-state index in [-0.39, 0.29) is 0 Å². The number of hydrogen-bond donors (Lipinski definition) is 6. The zero-order chi connectivity index (χ0) is 17.2. The Morgan fingerprint density at radius 1 is 1.10 bits per heavy atom. The van der Waals surface area contributed by atoms with Crippen LogP contribution in [0.1, 0.15) is 34.6 Å². The molecule has 0 radical (unpaired) electrons. The first-order chi connectivity index (χ1) is 9.88. The Labute approximate surface area is 126 Å². The van der Waals surface area contributed by atoms with Crippen molar-refractivity contribution in [2.24, 2.45) is 11.6 Å². The molecule has 0 aliphatic carbocycles. The third-order valence-electron chi connectivity index (χ3n) is 2.51. The van der Waals surface area contributed by atoms with Gasteiger partial charge in [0, 0.05) is 11.9 Å². The third kappa shape index (κ3) is 6.60. The van der Waals surface area contributed by atoms with Crippen LogP contribution in [0, 0.1) is 0 Å². The fourth-order valence-electron chi connectivity index (χ4n) is 1.64. The van der Waals surface area contributed by atoms with Crippen LogP contribution in [0.25, 0.3) is 0 Å². The summed E-state index contributed by atoms with van der Waals surface area (Å²) >= 11 is 0. The Hall–Kier alpha value is -0.900. The largest absolute Gasteiger partial charge is 0.401 e. The molecule has 8 heteroatoms. The highest BCUT2D eigenvalue weighted by Crippen LogP contribution is 2.22. The number of ether oxygens (including phenoxy) is 1. The second-order valence-corrected chi connectivity index (χ2v) is 4.04. The topological polar surface area (TPSA) is 145 Å². The van der Waals surface area contributed by atoms with Gasteiger partial charge >= 0.3 is 0 Å². The molecule has 1 aliphatic rings. The lowest BCUT2D eigenvalue weighted by molar-refractivity contribution is -0.259. The zero-order valence-corrected chi connectivity index (χ0v) is 13.5. The van der Waals surface area contributed by atoms with Crippen LogP contribution in [-0.4, -0.2) is 62.7 Å². The molecule has 1 saturated heterocycles. The van der Waals surface area contributed by atoms with Gasteiger partial charge < -0.3 is 30.9 Å². The summed E-state index contributed by atoms with van der Waals surface area (Å²) in [5.41, 5.74) is 5.79. The lowest BCUT2D eigenvalue weighted by Crippen LogP contribution is -2.63. The highest BCUT2D eigenvalue weighted by atomic mass is 16.6. The molecule has 5 atom stereocenters. The first-order valence-electron chi connectivity index (χ1n) is 7.16. The highest BCUT2D eigenvalue weighted by Gasteiger charge is 2.44. The Kier molecular flexibility index (Phi) is 12.5. The van der Waals surface area contributed by atoms with E-state index >= 15 is 0 Å². The van der Waals surface area contributed by atoms with Gasteiger partial charge in [-0.05, 0) is 6.92 Å². The van der Waals surface area contributed by atoms with E-state index in [2.05, 4.69) is 0 Å². The third-order valence-corrected chi connectivity index (χ3v) is 2.51. The molecule has 0 bridgehead atoms. The molecule has 5 unspecified atom stereocenters. The number of hydrazine groups is 1. The minimum absolute atomic E-state index is 0.379. The van der Waals surface area contributed by atoms with Crippen molar-refractivity contribution >= 4 is 0 Å². The number of nitrogens with two attached hydrogens (primary N) is 2. The second-order valence-electron chi connectivity index (χ2n) is 4.04. The van der Waals surface area contributed by atoms with Crippen molar-refractivity contribution in [3.63, 3.8) is 0 Å². The maximum atomic E-state index is 9.70. The molecule has 0 aromatic heterocycles. The summed E-state index contributed by atoms with van der Waals surface area (Å²) in [4.78, 5) is 0. The van der Waals surface area contributed by atoms with Gasteiger partial charge in [0.25, 0.3) is 0 Å². The number of nitrogens with zero attached hydrogens (tertiary/aromatic N) is 1. The Balaban J connectivity index is 0. The van der Waals surface area contributed by atoms with Crippen molar-refractivity contribution in [3.05, 3.63) is 11.9 Å². The van der Waals surface area contributed by atoms with Crippen molar-refractivity contribution in [1.82, 2.24) is 5.01 Å². The molecule has 0 amide bonds. The number of allylic oxidation sites excluding steroid dienone is 1. The molecule has 8 N–H and O–H groups in total. The standard InChI is InChI=1S/C9H19N3O5.2C2H6/c1-4(10)2-12(11)9-8(16)7(15)6(14)5(3-13)17-9;2*1-2/h2,5-9,13-16H,3,10-11H2,1H3;2*1-2H3/b4-2-;;. The van der Waals surface area contributed by atoms with Crippen molar-refractivity contribution < 1.29 is 25.2 Å².